The monoisotopic (exact) mass is 436 g/mol. The Morgan fingerprint density at radius 3 is 2.78 bits per heavy atom. The van der Waals surface area contributed by atoms with Gasteiger partial charge in [0.25, 0.3) is 0 Å². The Labute approximate surface area is 189 Å². The zero-order valence-corrected chi connectivity index (χ0v) is 19.4. The number of rotatable bonds is 7. The first-order chi connectivity index (χ1) is 15.4. The summed E-state index contributed by atoms with van der Waals surface area (Å²) in [6, 6.07) is 7.68. The molecule has 1 fully saturated rings. The van der Waals surface area contributed by atoms with Gasteiger partial charge in [-0.1, -0.05) is 32.0 Å². The Balaban J connectivity index is 1.53. The molecular weight excluding hydrogens is 404 g/mol. The summed E-state index contributed by atoms with van der Waals surface area (Å²) in [5, 5.41) is 0. The molecule has 0 unspecified atom stereocenters. The van der Waals surface area contributed by atoms with Crippen LogP contribution in [0.5, 0.6) is 5.75 Å². The zero-order chi connectivity index (χ0) is 22.8. The lowest BCUT2D eigenvalue weighted by Crippen LogP contribution is -2.33. The van der Waals surface area contributed by atoms with Crippen LogP contribution in [0.3, 0.4) is 0 Å². The number of fused-ring (bicyclic) bond motifs is 1. The molecule has 0 radical (unpaired) electrons. The van der Waals surface area contributed by atoms with Gasteiger partial charge in [-0.25, -0.2) is 9.97 Å². The van der Waals surface area contributed by atoms with Crippen LogP contribution < -0.4 is 9.64 Å². The Morgan fingerprint density at radius 2 is 2.03 bits per heavy atom. The maximum absolute atomic E-state index is 13.1. The van der Waals surface area contributed by atoms with Crippen molar-refractivity contribution in [2.45, 2.75) is 58.9 Å². The van der Waals surface area contributed by atoms with Gasteiger partial charge in [0, 0.05) is 30.8 Å². The number of aromatic nitrogens is 2. The van der Waals surface area contributed by atoms with Crippen molar-refractivity contribution in [3.8, 4) is 5.75 Å². The van der Waals surface area contributed by atoms with Crippen LogP contribution in [0.4, 0.5) is 5.82 Å². The maximum Gasteiger partial charge on any atom is 0.232 e. The summed E-state index contributed by atoms with van der Waals surface area (Å²) in [4.78, 5) is 39.0. The number of benzene rings is 1. The first-order valence-electron chi connectivity index (χ1n) is 11.5. The number of aryl methyl sites for hydroxylation is 2. The standard InChI is InChI=1S/C25H32N4O3/c1-16(2)15-29-23(31)14-19-17(3)26-24(27-25(19)29)20-9-7-13-28(20)22(30)12-11-18-8-5-6-10-21(18)32-4/h5-6,8,10,16,20H,7,9,11-15H2,1-4H3/t20-/m0/s1. The van der Waals surface area contributed by atoms with Crippen molar-refractivity contribution in [3.63, 3.8) is 0 Å². The summed E-state index contributed by atoms with van der Waals surface area (Å²) in [6.45, 7) is 7.50. The Morgan fingerprint density at radius 1 is 1.25 bits per heavy atom. The Hall–Kier alpha value is -2.96. The molecule has 1 aromatic heterocycles. The number of para-hydroxylation sites is 1. The number of likely N-dealkylation sites (tertiary alicyclic amines) is 1. The molecule has 32 heavy (non-hydrogen) atoms. The van der Waals surface area contributed by atoms with Crippen molar-refractivity contribution in [1.29, 1.82) is 0 Å². The average molecular weight is 437 g/mol. The summed E-state index contributed by atoms with van der Waals surface area (Å²) in [5.74, 6) is 2.75. The van der Waals surface area contributed by atoms with E-state index in [0.717, 1.165) is 41.2 Å². The highest BCUT2D eigenvalue weighted by Crippen LogP contribution is 2.35. The van der Waals surface area contributed by atoms with Crippen LogP contribution in [0.2, 0.25) is 0 Å². The molecule has 2 aliphatic heterocycles. The van der Waals surface area contributed by atoms with E-state index in [-0.39, 0.29) is 17.9 Å². The third kappa shape index (κ3) is 4.33. The Kier molecular flexibility index (Phi) is 6.44. The molecule has 0 aliphatic carbocycles. The van der Waals surface area contributed by atoms with Crippen molar-refractivity contribution in [3.05, 3.63) is 46.9 Å². The van der Waals surface area contributed by atoms with E-state index in [9.17, 15) is 9.59 Å². The third-order valence-corrected chi connectivity index (χ3v) is 6.31. The lowest BCUT2D eigenvalue weighted by Gasteiger charge is -2.25. The summed E-state index contributed by atoms with van der Waals surface area (Å²) in [5.41, 5.74) is 2.80. The van der Waals surface area contributed by atoms with Crippen LogP contribution in [0.25, 0.3) is 0 Å². The second kappa shape index (κ2) is 9.27. The van der Waals surface area contributed by atoms with E-state index >= 15 is 0 Å². The number of anilines is 1. The predicted octanol–water partition coefficient (Wildman–Crippen LogP) is 3.64. The second-order valence-corrected chi connectivity index (χ2v) is 9.10. The van der Waals surface area contributed by atoms with Gasteiger partial charge in [0.05, 0.1) is 19.6 Å². The molecule has 2 aliphatic rings. The van der Waals surface area contributed by atoms with Crippen molar-refractivity contribution >= 4 is 17.6 Å². The van der Waals surface area contributed by atoms with Crippen LogP contribution >= 0.6 is 0 Å². The van der Waals surface area contributed by atoms with Crippen molar-refractivity contribution in [2.24, 2.45) is 5.92 Å². The van der Waals surface area contributed by atoms with E-state index < -0.39 is 0 Å². The van der Waals surface area contributed by atoms with E-state index in [2.05, 4.69) is 13.8 Å². The molecule has 7 nitrogen and oxygen atoms in total. The van der Waals surface area contributed by atoms with Gasteiger partial charge in [0.2, 0.25) is 11.8 Å². The van der Waals surface area contributed by atoms with Crippen LogP contribution in [0.15, 0.2) is 24.3 Å². The largest absolute Gasteiger partial charge is 0.496 e. The minimum Gasteiger partial charge on any atom is -0.496 e. The number of ether oxygens (including phenoxy) is 1. The molecule has 1 atom stereocenters. The fraction of sp³-hybridized carbons (Fsp3) is 0.520. The van der Waals surface area contributed by atoms with E-state index in [1.165, 1.54) is 0 Å². The molecule has 4 rings (SSSR count). The fourth-order valence-electron chi connectivity index (χ4n) is 4.73. The van der Waals surface area contributed by atoms with Crippen molar-refractivity contribution in [2.75, 3.05) is 25.1 Å². The third-order valence-electron chi connectivity index (χ3n) is 6.31. The number of hydrogen-bond donors (Lipinski definition) is 0. The molecule has 0 spiro atoms. The SMILES string of the molecule is COc1ccccc1CCC(=O)N1CCC[C@H]1c1nc(C)c2c(n1)N(CC(C)C)C(=O)C2. The van der Waals surface area contributed by atoms with Gasteiger partial charge in [-0.2, -0.15) is 0 Å². The number of methoxy groups -OCH3 is 1. The quantitative estimate of drug-likeness (QED) is 0.662. The minimum atomic E-state index is -0.138. The van der Waals surface area contributed by atoms with Crippen LogP contribution in [-0.2, 0) is 22.4 Å². The fourth-order valence-corrected chi connectivity index (χ4v) is 4.73. The number of amides is 2. The molecule has 1 saturated heterocycles. The van der Waals surface area contributed by atoms with Gasteiger partial charge in [0.15, 0.2) is 5.82 Å². The molecule has 170 valence electrons. The topological polar surface area (TPSA) is 75.6 Å². The summed E-state index contributed by atoms with van der Waals surface area (Å²) < 4.78 is 5.42. The van der Waals surface area contributed by atoms with Gasteiger partial charge in [-0.3, -0.25) is 14.5 Å². The molecule has 0 N–H and O–H groups in total. The van der Waals surface area contributed by atoms with Gasteiger partial charge in [-0.15, -0.1) is 0 Å². The Bertz CT molecular complexity index is 1020. The zero-order valence-electron chi connectivity index (χ0n) is 19.4. The predicted molar refractivity (Wildman–Crippen MR) is 123 cm³/mol. The highest BCUT2D eigenvalue weighted by Gasteiger charge is 2.36. The van der Waals surface area contributed by atoms with Gasteiger partial charge < -0.3 is 9.64 Å². The van der Waals surface area contributed by atoms with Crippen LogP contribution in [-0.4, -0.2) is 46.9 Å². The number of carbonyl (C=O) groups is 2. The molecule has 2 amide bonds. The molecule has 0 saturated carbocycles. The molecule has 2 aromatic rings. The van der Waals surface area contributed by atoms with E-state index in [1.807, 2.05) is 36.1 Å². The van der Waals surface area contributed by atoms with E-state index in [1.54, 1.807) is 12.0 Å². The lowest BCUT2D eigenvalue weighted by molar-refractivity contribution is -0.132. The molecule has 1 aromatic carbocycles. The molecule has 3 heterocycles. The normalized spacial score (nSPS) is 17.9. The first kappa shape index (κ1) is 22.2. The van der Waals surface area contributed by atoms with Gasteiger partial charge in [0.1, 0.15) is 11.6 Å². The van der Waals surface area contributed by atoms with Crippen LogP contribution in [0, 0.1) is 12.8 Å². The van der Waals surface area contributed by atoms with Crippen molar-refractivity contribution in [1.82, 2.24) is 14.9 Å². The van der Waals surface area contributed by atoms with Crippen LogP contribution in [0.1, 0.15) is 61.8 Å². The van der Waals surface area contributed by atoms with E-state index in [4.69, 9.17) is 14.7 Å². The average Bonchev–Trinajstić information content (AvgIpc) is 3.38. The second-order valence-electron chi connectivity index (χ2n) is 9.10. The number of carbonyl (C=O) groups excluding carboxylic acids is 2. The lowest BCUT2D eigenvalue weighted by atomic mass is 10.1. The van der Waals surface area contributed by atoms with Crippen molar-refractivity contribution < 1.29 is 14.3 Å². The number of hydrogen-bond acceptors (Lipinski definition) is 5. The summed E-state index contributed by atoms with van der Waals surface area (Å²) in [7, 11) is 1.65. The summed E-state index contributed by atoms with van der Waals surface area (Å²) >= 11 is 0. The highest BCUT2D eigenvalue weighted by atomic mass is 16.5. The molecule has 7 heteroatoms. The molecular formula is C25H32N4O3. The van der Waals surface area contributed by atoms with E-state index in [0.29, 0.717) is 44.1 Å². The smallest absolute Gasteiger partial charge is 0.232 e. The minimum absolute atomic E-state index is 0.0828. The van der Waals surface area contributed by atoms with Gasteiger partial charge >= 0.3 is 0 Å². The van der Waals surface area contributed by atoms with Gasteiger partial charge in [-0.05, 0) is 43.7 Å². The molecule has 0 bridgehead atoms. The summed E-state index contributed by atoms with van der Waals surface area (Å²) in [6.07, 6.45) is 3.18. The maximum atomic E-state index is 13.1. The first-order valence-corrected chi connectivity index (χ1v) is 11.5. The number of nitrogens with zero attached hydrogens (tertiary/aromatic N) is 4. The highest BCUT2D eigenvalue weighted by molar-refractivity contribution is 6.00.